The monoisotopic (exact) mass is 281 g/mol. The maximum absolute atomic E-state index is 9.75. The summed E-state index contributed by atoms with van der Waals surface area (Å²) >= 11 is 6.00. The first-order valence-electron chi connectivity index (χ1n) is 6.36. The summed E-state index contributed by atoms with van der Waals surface area (Å²) in [6.45, 7) is 3.06. The third kappa shape index (κ3) is 6.09. The zero-order valence-corrected chi connectivity index (χ0v) is 11.9. The van der Waals surface area contributed by atoms with Gasteiger partial charge in [0.1, 0.15) is 0 Å². The van der Waals surface area contributed by atoms with Crippen LogP contribution in [0.2, 0.25) is 5.02 Å². The van der Waals surface area contributed by atoms with Crippen LogP contribution in [0.1, 0.15) is 18.9 Å². The Balaban J connectivity index is 2.22. The quantitative estimate of drug-likeness (QED) is 0.718. The fourth-order valence-electron chi connectivity index (χ4n) is 1.58. The van der Waals surface area contributed by atoms with Crippen molar-refractivity contribution in [1.29, 1.82) is 0 Å². The molecular weight excluding hydrogens is 262 g/mol. The van der Waals surface area contributed by atoms with Gasteiger partial charge in [-0.05, 0) is 18.1 Å². The van der Waals surface area contributed by atoms with Crippen LogP contribution >= 0.6 is 11.6 Å². The molecule has 0 radical (unpaired) electrons. The minimum absolute atomic E-state index is 0.00165. The lowest BCUT2D eigenvalue weighted by atomic mass is 10.2. The molecule has 104 valence electrons. The largest absolute Gasteiger partial charge is 0.389 e. The highest BCUT2D eigenvalue weighted by atomic mass is 35.5. The van der Waals surface area contributed by atoms with Gasteiger partial charge < -0.3 is 15.2 Å². The van der Waals surface area contributed by atoms with Gasteiger partial charge in [-0.25, -0.2) is 0 Å². The highest BCUT2D eigenvalue weighted by Gasteiger charge is 2.08. The van der Waals surface area contributed by atoms with Gasteiger partial charge in [-0.2, -0.15) is 0 Å². The molecule has 0 aliphatic carbocycles. The molecule has 0 aliphatic heterocycles. The van der Waals surface area contributed by atoms with Gasteiger partial charge in [0.2, 0.25) is 0 Å². The van der Waals surface area contributed by atoms with Gasteiger partial charge >= 0.3 is 0 Å². The van der Waals surface area contributed by atoms with Crippen molar-refractivity contribution < 1.29 is 9.84 Å². The Bertz CT molecular complexity index is 417. The van der Waals surface area contributed by atoms with Crippen LogP contribution in [0.25, 0.3) is 0 Å². The SMILES string of the molecule is C#CC(CC)NCC(O)COCc1ccccc1Cl. The first-order chi connectivity index (χ1) is 9.17. The molecular formula is C15H20ClNO2. The normalized spacial score (nSPS) is 13.8. The zero-order chi connectivity index (χ0) is 14.1. The van der Waals surface area contributed by atoms with Crippen molar-refractivity contribution in [3.63, 3.8) is 0 Å². The second kappa shape index (κ2) is 8.95. The van der Waals surface area contributed by atoms with E-state index in [4.69, 9.17) is 22.8 Å². The van der Waals surface area contributed by atoms with Crippen LogP contribution < -0.4 is 5.32 Å². The minimum atomic E-state index is -0.579. The number of benzene rings is 1. The molecule has 2 unspecified atom stereocenters. The first kappa shape index (κ1) is 16.0. The highest BCUT2D eigenvalue weighted by Crippen LogP contribution is 2.15. The number of aliphatic hydroxyl groups excluding tert-OH is 1. The average molecular weight is 282 g/mol. The van der Waals surface area contributed by atoms with Gasteiger partial charge in [0.05, 0.1) is 25.4 Å². The van der Waals surface area contributed by atoms with Crippen LogP contribution in [0, 0.1) is 12.3 Å². The number of hydrogen-bond acceptors (Lipinski definition) is 3. The fourth-order valence-corrected chi connectivity index (χ4v) is 1.77. The predicted octanol–water partition coefficient (Wildman–Crippen LogP) is 2.22. The van der Waals surface area contributed by atoms with E-state index in [0.29, 0.717) is 18.2 Å². The van der Waals surface area contributed by atoms with Crippen LogP contribution in [-0.4, -0.2) is 30.4 Å². The Morgan fingerprint density at radius 3 is 2.84 bits per heavy atom. The number of ether oxygens (including phenoxy) is 1. The number of aliphatic hydroxyl groups is 1. The van der Waals surface area contributed by atoms with E-state index in [1.54, 1.807) is 0 Å². The summed E-state index contributed by atoms with van der Waals surface area (Å²) in [5.41, 5.74) is 0.916. The first-order valence-corrected chi connectivity index (χ1v) is 6.73. The summed E-state index contributed by atoms with van der Waals surface area (Å²) in [5.74, 6) is 2.62. The van der Waals surface area contributed by atoms with Gasteiger partial charge in [-0.1, -0.05) is 42.6 Å². The molecule has 0 spiro atoms. The van der Waals surface area contributed by atoms with Crippen molar-refractivity contribution >= 4 is 11.6 Å². The number of halogens is 1. The molecule has 0 aliphatic rings. The van der Waals surface area contributed by atoms with Gasteiger partial charge in [0.15, 0.2) is 0 Å². The van der Waals surface area contributed by atoms with Gasteiger partial charge in [-0.3, -0.25) is 0 Å². The number of terminal acetylenes is 1. The maximum atomic E-state index is 9.75. The van der Waals surface area contributed by atoms with E-state index in [0.717, 1.165) is 12.0 Å². The molecule has 1 rings (SSSR count). The van der Waals surface area contributed by atoms with Gasteiger partial charge in [0, 0.05) is 11.6 Å². The molecule has 0 heterocycles. The average Bonchev–Trinajstić information content (AvgIpc) is 2.42. The zero-order valence-electron chi connectivity index (χ0n) is 11.1. The highest BCUT2D eigenvalue weighted by molar-refractivity contribution is 6.31. The summed E-state index contributed by atoms with van der Waals surface area (Å²) in [4.78, 5) is 0. The minimum Gasteiger partial charge on any atom is -0.389 e. The molecule has 0 amide bonds. The standard InChI is InChI=1S/C15H20ClNO2/c1-3-13(4-2)17-9-14(18)11-19-10-12-7-5-6-8-15(12)16/h1,5-8,13-14,17-18H,4,9-11H2,2H3. The second-order valence-electron chi connectivity index (χ2n) is 4.30. The topological polar surface area (TPSA) is 41.5 Å². The molecule has 0 fully saturated rings. The Morgan fingerprint density at radius 1 is 1.47 bits per heavy atom. The Kier molecular flexibility index (Phi) is 7.54. The lowest BCUT2D eigenvalue weighted by Crippen LogP contribution is -2.36. The lowest BCUT2D eigenvalue weighted by Gasteiger charge is -2.15. The van der Waals surface area contributed by atoms with E-state index in [2.05, 4.69) is 11.2 Å². The van der Waals surface area contributed by atoms with E-state index in [9.17, 15) is 5.11 Å². The fraction of sp³-hybridized carbons (Fsp3) is 0.467. The molecule has 0 aromatic heterocycles. The molecule has 19 heavy (non-hydrogen) atoms. The molecule has 2 N–H and O–H groups in total. The van der Waals surface area contributed by atoms with E-state index < -0.39 is 6.10 Å². The summed E-state index contributed by atoms with van der Waals surface area (Å²) in [5, 5.41) is 13.5. The summed E-state index contributed by atoms with van der Waals surface area (Å²) in [6.07, 6.45) is 5.58. The molecule has 3 nitrogen and oxygen atoms in total. The van der Waals surface area contributed by atoms with E-state index >= 15 is 0 Å². The molecule has 0 bridgehead atoms. The van der Waals surface area contributed by atoms with E-state index in [1.165, 1.54) is 0 Å². The smallest absolute Gasteiger partial charge is 0.0898 e. The van der Waals surface area contributed by atoms with Crippen molar-refractivity contribution in [2.75, 3.05) is 13.2 Å². The Morgan fingerprint density at radius 2 is 2.21 bits per heavy atom. The molecule has 1 aromatic rings. The van der Waals surface area contributed by atoms with Crippen LogP contribution in [-0.2, 0) is 11.3 Å². The summed E-state index contributed by atoms with van der Waals surface area (Å²) in [6, 6.07) is 7.49. The maximum Gasteiger partial charge on any atom is 0.0898 e. The van der Waals surface area contributed by atoms with Crippen LogP contribution in [0.4, 0.5) is 0 Å². The van der Waals surface area contributed by atoms with Crippen LogP contribution in [0.5, 0.6) is 0 Å². The van der Waals surface area contributed by atoms with Crippen LogP contribution in [0.15, 0.2) is 24.3 Å². The van der Waals surface area contributed by atoms with Crippen molar-refractivity contribution in [3.8, 4) is 12.3 Å². The second-order valence-corrected chi connectivity index (χ2v) is 4.70. The van der Waals surface area contributed by atoms with Gasteiger partial charge in [0.25, 0.3) is 0 Å². The molecule has 1 aromatic carbocycles. The summed E-state index contributed by atoms with van der Waals surface area (Å²) < 4.78 is 5.44. The summed E-state index contributed by atoms with van der Waals surface area (Å²) in [7, 11) is 0. The Labute approximate surface area is 119 Å². The van der Waals surface area contributed by atoms with E-state index in [1.807, 2.05) is 31.2 Å². The molecule has 0 saturated carbocycles. The van der Waals surface area contributed by atoms with Crippen molar-refractivity contribution in [3.05, 3.63) is 34.9 Å². The number of rotatable bonds is 8. The van der Waals surface area contributed by atoms with Gasteiger partial charge in [-0.15, -0.1) is 6.42 Å². The van der Waals surface area contributed by atoms with Crippen molar-refractivity contribution in [1.82, 2.24) is 5.32 Å². The molecule has 0 saturated heterocycles. The number of nitrogens with one attached hydrogen (secondary N) is 1. The Hall–Kier alpha value is -1.05. The number of hydrogen-bond donors (Lipinski definition) is 2. The van der Waals surface area contributed by atoms with Crippen molar-refractivity contribution in [2.45, 2.75) is 32.1 Å². The predicted molar refractivity (Wildman–Crippen MR) is 78.0 cm³/mol. The third-order valence-corrected chi connectivity index (χ3v) is 3.10. The third-order valence-electron chi connectivity index (χ3n) is 2.73. The molecule has 4 heteroatoms. The lowest BCUT2D eigenvalue weighted by molar-refractivity contribution is 0.0283. The molecule has 2 atom stereocenters. The van der Waals surface area contributed by atoms with Crippen LogP contribution in [0.3, 0.4) is 0 Å². The van der Waals surface area contributed by atoms with Crippen molar-refractivity contribution in [2.24, 2.45) is 0 Å². The van der Waals surface area contributed by atoms with E-state index in [-0.39, 0.29) is 12.6 Å².